The second kappa shape index (κ2) is 4.97. The molecule has 0 bridgehead atoms. The van der Waals surface area contributed by atoms with Gasteiger partial charge in [0.2, 0.25) is 5.91 Å². The number of hydrogen-bond acceptors (Lipinski definition) is 2. The van der Waals surface area contributed by atoms with Crippen molar-refractivity contribution >= 4 is 5.91 Å². The Morgan fingerprint density at radius 3 is 2.67 bits per heavy atom. The van der Waals surface area contributed by atoms with Gasteiger partial charge in [0.25, 0.3) is 0 Å². The van der Waals surface area contributed by atoms with Crippen LogP contribution in [-0.4, -0.2) is 30.4 Å². The predicted octanol–water partition coefficient (Wildman–Crippen LogP) is 1.37. The SMILES string of the molecule is NC(=O)CCN1CC[C@@H]2CCCC[C@@H]2C1. The summed E-state index contributed by atoms with van der Waals surface area (Å²) in [5, 5.41) is 0. The van der Waals surface area contributed by atoms with Gasteiger partial charge in [0.15, 0.2) is 0 Å². The number of hydrogen-bond donors (Lipinski definition) is 1. The number of rotatable bonds is 3. The van der Waals surface area contributed by atoms with Gasteiger partial charge in [0.05, 0.1) is 0 Å². The van der Waals surface area contributed by atoms with Gasteiger partial charge in [-0.2, -0.15) is 0 Å². The standard InChI is InChI=1S/C12H22N2O/c13-12(15)6-8-14-7-5-10-3-1-2-4-11(10)9-14/h10-11H,1-9H2,(H2,13,15)/t10-,11+/m0/s1. The lowest BCUT2D eigenvalue weighted by atomic mass is 9.75. The normalized spacial score (nSPS) is 32.3. The average molecular weight is 210 g/mol. The molecule has 2 rings (SSSR count). The Bertz CT molecular complexity index is 230. The number of fused-ring (bicyclic) bond motifs is 1. The van der Waals surface area contributed by atoms with E-state index in [0.717, 1.165) is 18.4 Å². The minimum atomic E-state index is -0.166. The van der Waals surface area contributed by atoms with Crippen LogP contribution in [0.5, 0.6) is 0 Å². The maximum atomic E-state index is 10.7. The van der Waals surface area contributed by atoms with Crippen molar-refractivity contribution in [3.63, 3.8) is 0 Å². The molecule has 0 radical (unpaired) electrons. The fourth-order valence-electron chi connectivity index (χ4n) is 3.15. The number of carbonyl (C=O) groups excluding carboxylic acids is 1. The van der Waals surface area contributed by atoms with Crippen molar-refractivity contribution < 1.29 is 4.79 Å². The first kappa shape index (κ1) is 10.9. The zero-order valence-electron chi connectivity index (χ0n) is 9.45. The lowest BCUT2D eigenvalue weighted by molar-refractivity contribution is -0.118. The van der Waals surface area contributed by atoms with Crippen LogP contribution in [0.1, 0.15) is 38.5 Å². The maximum Gasteiger partial charge on any atom is 0.218 e. The topological polar surface area (TPSA) is 46.3 Å². The molecule has 86 valence electrons. The van der Waals surface area contributed by atoms with E-state index in [2.05, 4.69) is 4.90 Å². The molecule has 0 unspecified atom stereocenters. The zero-order valence-corrected chi connectivity index (χ0v) is 9.45. The van der Waals surface area contributed by atoms with Gasteiger partial charge < -0.3 is 10.6 Å². The van der Waals surface area contributed by atoms with Crippen molar-refractivity contribution in [3.05, 3.63) is 0 Å². The van der Waals surface area contributed by atoms with Crippen LogP contribution >= 0.6 is 0 Å². The molecule has 3 nitrogen and oxygen atoms in total. The molecular weight excluding hydrogens is 188 g/mol. The van der Waals surface area contributed by atoms with Crippen molar-refractivity contribution in [3.8, 4) is 0 Å². The van der Waals surface area contributed by atoms with Crippen molar-refractivity contribution in [1.29, 1.82) is 0 Å². The molecule has 2 atom stereocenters. The molecular formula is C12H22N2O. The van der Waals surface area contributed by atoms with Gasteiger partial charge in [-0.05, 0) is 31.2 Å². The van der Waals surface area contributed by atoms with E-state index in [0.29, 0.717) is 6.42 Å². The molecule has 0 aromatic heterocycles. The van der Waals surface area contributed by atoms with Gasteiger partial charge in [0, 0.05) is 19.5 Å². The lowest BCUT2D eigenvalue weighted by Crippen LogP contribution is -2.42. The van der Waals surface area contributed by atoms with E-state index in [4.69, 9.17) is 5.73 Å². The number of amides is 1. The van der Waals surface area contributed by atoms with Crippen molar-refractivity contribution in [2.24, 2.45) is 17.6 Å². The van der Waals surface area contributed by atoms with E-state index >= 15 is 0 Å². The summed E-state index contributed by atoms with van der Waals surface area (Å²) < 4.78 is 0. The molecule has 15 heavy (non-hydrogen) atoms. The number of likely N-dealkylation sites (tertiary alicyclic amines) is 1. The Hall–Kier alpha value is -0.570. The molecule has 2 N–H and O–H groups in total. The second-order valence-corrected chi connectivity index (χ2v) is 5.11. The Morgan fingerprint density at radius 2 is 1.93 bits per heavy atom. The van der Waals surface area contributed by atoms with Crippen LogP contribution in [0.4, 0.5) is 0 Å². The number of nitrogens with zero attached hydrogens (tertiary/aromatic N) is 1. The van der Waals surface area contributed by atoms with Gasteiger partial charge in [-0.15, -0.1) is 0 Å². The van der Waals surface area contributed by atoms with E-state index < -0.39 is 0 Å². The summed E-state index contributed by atoms with van der Waals surface area (Å²) in [6.07, 6.45) is 7.54. The molecule has 1 aliphatic heterocycles. The average Bonchev–Trinajstić information content (AvgIpc) is 2.26. The molecule has 0 spiro atoms. The molecule has 3 heteroatoms. The smallest absolute Gasteiger partial charge is 0.218 e. The summed E-state index contributed by atoms with van der Waals surface area (Å²) in [6.45, 7) is 3.25. The van der Waals surface area contributed by atoms with E-state index in [1.54, 1.807) is 0 Å². The van der Waals surface area contributed by atoms with Crippen LogP contribution in [0, 0.1) is 11.8 Å². The molecule has 1 heterocycles. The first-order valence-electron chi connectivity index (χ1n) is 6.26. The second-order valence-electron chi connectivity index (χ2n) is 5.11. The third-order valence-electron chi connectivity index (χ3n) is 4.05. The summed E-state index contributed by atoms with van der Waals surface area (Å²) in [6, 6.07) is 0. The highest BCUT2D eigenvalue weighted by Crippen LogP contribution is 2.35. The maximum absolute atomic E-state index is 10.7. The molecule has 2 aliphatic rings. The third-order valence-corrected chi connectivity index (χ3v) is 4.05. The van der Waals surface area contributed by atoms with E-state index in [1.165, 1.54) is 45.2 Å². The van der Waals surface area contributed by atoms with Gasteiger partial charge >= 0.3 is 0 Å². The molecule has 1 saturated carbocycles. The lowest BCUT2D eigenvalue weighted by Gasteiger charge is -2.41. The highest BCUT2D eigenvalue weighted by Gasteiger charge is 2.30. The van der Waals surface area contributed by atoms with E-state index in [9.17, 15) is 4.79 Å². The monoisotopic (exact) mass is 210 g/mol. The largest absolute Gasteiger partial charge is 0.370 e. The molecule has 1 aliphatic carbocycles. The number of carbonyl (C=O) groups is 1. The number of piperidine rings is 1. The molecule has 2 fully saturated rings. The molecule has 0 aromatic carbocycles. The number of primary amides is 1. The Balaban J connectivity index is 1.78. The summed E-state index contributed by atoms with van der Waals surface area (Å²) in [5.41, 5.74) is 5.18. The molecule has 0 aromatic rings. The Kier molecular flexibility index (Phi) is 3.62. The summed E-state index contributed by atoms with van der Waals surface area (Å²) >= 11 is 0. The van der Waals surface area contributed by atoms with Crippen molar-refractivity contribution in [2.45, 2.75) is 38.5 Å². The van der Waals surface area contributed by atoms with Crippen LogP contribution in [0.25, 0.3) is 0 Å². The van der Waals surface area contributed by atoms with E-state index in [1.807, 2.05) is 0 Å². The Morgan fingerprint density at radius 1 is 1.20 bits per heavy atom. The van der Waals surface area contributed by atoms with Crippen LogP contribution in [0.3, 0.4) is 0 Å². The van der Waals surface area contributed by atoms with Crippen molar-refractivity contribution in [2.75, 3.05) is 19.6 Å². The summed E-state index contributed by atoms with van der Waals surface area (Å²) in [7, 11) is 0. The van der Waals surface area contributed by atoms with Gasteiger partial charge in [-0.3, -0.25) is 4.79 Å². The highest BCUT2D eigenvalue weighted by molar-refractivity contribution is 5.73. The van der Waals surface area contributed by atoms with Crippen molar-refractivity contribution in [1.82, 2.24) is 4.90 Å². The first-order chi connectivity index (χ1) is 7.25. The van der Waals surface area contributed by atoms with Gasteiger partial charge in [-0.1, -0.05) is 19.3 Å². The molecule has 1 amide bonds. The number of nitrogens with two attached hydrogens (primary N) is 1. The quantitative estimate of drug-likeness (QED) is 0.765. The van der Waals surface area contributed by atoms with Gasteiger partial charge in [-0.25, -0.2) is 0 Å². The van der Waals surface area contributed by atoms with Crippen LogP contribution < -0.4 is 5.73 Å². The predicted molar refractivity (Wildman–Crippen MR) is 60.3 cm³/mol. The fraction of sp³-hybridized carbons (Fsp3) is 0.917. The van der Waals surface area contributed by atoms with Crippen LogP contribution in [0.2, 0.25) is 0 Å². The minimum absolute atomic E-state index is 0.166. The van der Waals surface area contributed by atoms with E-state index in [-0.39, 0.29) is 5.91 Å². The third kappa shape index (κ3) is 2.94. The zero-order chi connectivity index (χ0) is 10.7. The Labute approximate surface area is 92.0 Å². The van der Waals surface area contributed by atoms with Crippen LogP contribution in [-0.2, 0) is 4.79 Å². The minimum Gasteiger partial charge on any atom is -0.370 e. The first-order valence-corrected chi connectivity index (χ1v) is 6.26. The van der Waals surface area contributed by atoms with Crippen LogP contribution in [0.15, 0.2) is 0 Å². The summed E-state index contributed by atoms with van der Waals surface area (Å²) in [4.78, 5) is 13.1. The highest BCUT2D eigenvalue weighted by atomic mass is 16.1. The fourth-order valence-corrected chi connectivity index (χ4v) is 3.15. The molecule has 1 saturated heterocycles. The van der Waals surface area contributed by atoms with Gasteiger partial charge in [0.1, 0.15) is 0 Å². The summed E-state index contributed by atoms with van der Waals surface area (Å²) in [5.74, 6) is 1.71.